The second kappa shape index (κ2) is 5.56. The number of phenolic OH excluding ortho intramolecular Hbond substituents is 2. The summed E-state index contributed by atoms with van der Waals surface area (Å²) in [5, 5.41) is 27.8. The quantitative estimate of drug-likeness (QED) is 0.752. The molecule has 0 fully saturated rings. The van der Waals surface area contributed by atoms with Gasteiger partial charge in [-0.2, -0.15) is 10.2 Å². The van der Waals surface area contributed by atoms with Crippen molar-refractivity contribution in [1.82, 2.24) is 0 Å². The van der Waals surface area contributed by atoms with E-state index < -0.39 is 0 Å². The number of nitrogens with zero attached hydrogens (tertiary/aromatic N) is 2. The third kappa shape index (κ3) is 3.60. The average molecular weight is 284 g/mol. The molecule has 2 aromatic carbocycles. The Morgan fingerprint density at radius 1 is 0.857 bits per heavy atom. The Morgan fingerprint density at radius 2 is 1.43 bits per heavy atom. The maximum atomic E-state index is 10.2. The van der Waals surface area contributed by atoms with Crippen molar-refractivity contribution in [2.45, 2.75) is 33.1 Å². The third-order valence-corrected chi connectivity index (χ3v) is 3.22. The van der Waals surface area contributed by atoms with Gasteiger partial charge < -0.3 is 10.2 Å². The highest BCUT2D eigenvalue weighted by Gasteiger charge is 2.20. The first-order valence-corrected chi connectivity index (χ1v) is 6.82. The highest BCUT2D eigenvalue weighted by molar-refractivity contribution is 5.54. The lowest BCUT2D eigenvalue weighted by Crippen LogP contribution is -2.11. The first-order valence-electron chi connectivity index (χ1n) is 6.82. The maximum Gasteiger partial charge on any atom is 0.122 e. The molecule has 0 spiro atoms. The van der Waals surface area contributed by atoms with Crippen molar-refractivity contribution >= 4 is 11.4 Å². The summed E-state index contributed by atoms with van der Waals surface area (Å²) in [6.07, 6.45) is 0. The molecule has 21 heavy (non-hydrogen) atoms. The van der Waals surface area contributed by atoms with Crippen LogP contribution >= 0.6 is 0 Å². The predicted octanol–water partition coefficient (Wildman–Crippen LogP) is 5.12. The van der Waals surface area contributed by atoms with E-state index in [1.807, 2.05) is 33.8 Å². The molecule has 2 N–H and O–H groups in total. The Hall–Kier alpha value is -2.36. The van der Waals surface area contributed by atoms with Crippen LogP contribution in [0.5, 0.6) is 11.5 Å². The Bertz CT molecular complexity index is 668. The van der Waals surface area contributed by atoms with Crippen molar-refractivity contribution in [3.63, 3.8) is 0 Å². The number of aromatic hydroxyl groups is 2. The van der Waals surface area contributed by atoms with E-state index in [4.69, 9.17) is 0 Å². The number of phenols is 2. The first-order chi connectivity index (χ1) is 9.77. The minimum Gasteiger partial charge on any atom is -0.508 e. The van der Waals surface area contributed by atoms with Crippen molar-refractivity contribution in [1.29, 1.82) is 0 Å². The van der Waals surface area contributed by atoms with Gasteiger partial charge in [0, 0.05) is 5.56 Å². The Kier molecular flexibility index (Phi) is 3.98. The monoisotopic (exact) mass is 284 g/mol. The van der Waals surface area contributed by atoms with Gasteiger partial charge in [-0.1, -0.05) is 20.8 Å². The lowest BCUT2D eigenvalue weighted by molar-refractivity contribution is 0.443. The normalized spacial score (nSPS) is 12.0. The molecule has 110 valence electrons. The summed E-state index contributed by atoms with van der Waals surface area (Å²) >= 11 is 0. The number of aryl methyl sites for hydroxylation is 1. The van der Waals surface area contributed by atoms with Gasteiger partial charge in [0.25, 0.3) is 0 Å². The van der Waals surface area contributed by atoms with E-state index in [9.17, 15) is 10.2 Å². The van der Waals surface area contributed by atoms with Crippen molar-refractivity contribution in [3.05, 3.63) is 47.5 Å². The molecule has 0 aromatic heterocycles. The van der Waals surface area contributed by atoms with Gasteiger partial charge in [0.15, 0.2) is 0 Å². The van der Waals surface area contributed by atoms with Crippen LogP contribution in [0.1, 0.15) is 31.9 Å². The summed E-state index contributed by atoms with van der Waals surface area (Å²) in [7, 11) is 0. The highest BCUT2D eigenvalue weighted by Crippen LogP contribution is 2.36. The van der Waals surface area contributed by atoms with Crippen molar-refractivity contribution in [3.8, 4) is 11.5 Å². The fourth-order valence-corrected chi connectivity index (χ4v) is 2.02. The van der Waals surface area contributed by atoms with Crippen molar-refractivity contribution in [2.24, 2.45) is 10.2 Å². The number of azo groups is 1. The number of benzene rings is 2. The molecule has 4 heteroatoms. The highest BCUT2D eigenvalue weighted by atomic mass is 16.3. The van der Waals surface area contributed by atoms with Crippen molar-refractivity contribution in [2.75, 3.05) is 0 Å². The summed E-state index contributed by atoms with van der Waals surface area (Å²) < 4.78 is 0. The lowest BCUT2D eigenvalue weighted by Gasteiger charge is -2.21. The van der Waals surface area contributed by atoms with Crippen LogP contribution in [0.25, 0.3) is 0 Å². The number of hydrogen-bond acceptors (Lipinski definition) is 4. The zero-order chi connectivity index (χ0) is 15.6. The van der Waals surface area contributed by atoms with E-state index in [1.54, 1.807) is 30.3 Å². The SMILES string of the molecule is Cc1cc(N=Nc2ccc(O)cc2)cc(C(C)(C)C)c1O. The average Bonchev–Trinajstić information content (AvgIpc) is 2.40. The van der Waals surface area contributed by atoms with Crippen LogP contribution in [-0.4, -0.2) is 10.2 Å². The Balaban J connectivity index is 2.37. The van der Waals surface area contributed by atoms with Gasteiger partial charge in [-0.3, -0.25) is 0 Å². The fraction of sp³-hybridized carbons (Fsp3) is 0.294. The van der Waals surface area contributed by atoms with E-state index in [0.717, 1.165) is 11.1 Å². The van der Waals surface area contributed by atoms with Crippen LogP contribution < -0.4 is 0 Å². The Morgan fingerprint density at radius 3 is 2.00 bits per heavy atom. The smallest absolute Gasteiger partial charge is 0.122 e. The molecule has 0 atom stereocenters. The van der Waals surface area contributed by atoms with E-state index in [2.05, 4.69) is 10.2 Å². The Labute approximate surface area is 124 Å². The molecule has 0 saturated heterocycles. The summed E-state index contributed by atoms with van der Waals surface area (Å²) in [6, 6.07) is 10.2. The zero-order valence-electron chi connectivity index (χ0n) is 12.8. The number of hydrogen-bond donors (Lipinski definition) is 2. The molecule has 0 aliphatic carbocycles. The van der Waals surface area contributed by atoms with Gasteiger partial charge in [0.05, 0.1) is 11.4 Å². The van der Waals surface area contributed by atoms with Crippen LogP contribution in [0.2, 0.25) is 0 Å². The second-order valence-corrected chi connectivity index (χ2v) is 6.13. The molecule has 0 aliphatic rings. The summed E-state index contributed by atoms with van der Waals surface area (Å²) in [5.41, 5.74) is 2.82. The van der Waals surface area contributed by atoms with Crippen LogP contribution in [0.15, 0.2) is 46.6 Å². The van der Waals surface area contributed by atoms with Gasteiger partial charge in [-0.15, -0.1) is 0 Å². The molecule has 2 rings (SSSR count). The summed E-state index contributed by atoms with van der Waals surface area (Å²) in [5.74, 6) is 0.510. The maximum absolute atomic E-state index is 10.2. The molecular weight excluding hydrogens is 264 g/mol. The zero-order valence-corrected chi connectivity index (χ0v) is 12.8. The third-order valence-electron chi connectivity index (χ3n) is 3.22. The molecule has 0 saturated carbocycles. The molecule has 0 aliphatic heterocycles. The van der Waals surface area contributed by atoms with Crippen LogP contribution in [-0.2, 0) is 5.41 Å². The molecule has 0 unspecified atom stereocenters. The summed E-state index contributed by atoms with van der Waals surface area (Å²) in [4.78, 5) is 0. The molecule has 2 aromatic rings. The van der Waals surface area contributed by atoms with Gasteiger partial charge >= 0.3 is 0 Å². The van der Waals surface area contributed by atoms with Crippen molar-refractivity contribution < 1.29 is 10.2 Å². The summed E-state index contributed by atoms with van der Waals surface area (Å²) in [6.45, 7) is 7.98. The lowest BCUT2D eigenvalue weighted by atomic mass is 9.85. The topological polar surface area (TPSA) is 65.2 Å². The first kappa shape index (κ1) is 15.0. The van der Waals surface area contributed by atoms with Gasteiger partial charge in [-0.05, 0) is 54.3 Å². The minimum absolute atomic E-state index is 0.168. The largest absolute Gasteiger partial charge is 0.508 e. The number of rotatable bonds is 2. The molecule has 0 radical (unpaired) electrons. The minimum atomic E-state index is -0.168. The van der Waals surface area contributed by atoms with Crippen LogP contribution in [0.4, 0.5) is 11.4 Å². The van der Waals surface area contributed by atoms with Gasteiger partial charge in [0.1, 0.15) is 11.5 Å². The molecule has 0 bridgehead atoms. The molecular formula is C17H20N2O2. The van der Waals surface area contributed by atoms with Gasteiger partial charge in [-0.25, -0.2) is 0 Å². The molecule has 0 heterocycles. The predicted molar refractivity (Wildman–Crippen MR) is 83.8 cm³/mol. The van der Waals surface area contributed by atoms with E-state index in [-0.39, 0.29) is 11.2 Å². The standard InChI is InChI=1S/C17H20N2O2/c1-11-9-13(10-15(16(11)21)17(2,3)4)19-18-12-5-7-14(20)8-6-12/h5-10,20-21H,1-4H3. The molecule has 0 amide bonds. The van der Waals surface area contributed by atoms with E-state index in [1.165, 1.54) is 0 Å². The van der Waals surface area contributed by atoms with E-state index >= 15 is 0 Å². The second-order valence-electron chi connectivity index (χ2n) is 6.13. The fourth-order valence-electron chi connectivity index (χ4n) is 2.02. The van der Waals surface area contributed by atoms with Crippen LogP contribution in [0.3, 0.4) is 0 Å². The molecule has 4 nitrogen and oxygen atoms in total. The van der Waals surface area contributed by atoms with Crippen LogP contribution in [0, 0.1) is 6.92 Å². The van der Waals surface area contributed by atoms with Gasteiger partial charge in [0.2, 0.25) is 0 Å². The van der Waals surface area contributed by atoms with E-state index in [0.29, 0.717) is 17.1 Å².